The number of thioether (sulfide) groups is 1. The van der Waals surface area contributed by atoms with Gasteiger partial charge in [-0.1, -0.05) is 53.7 Å². The molecule has 1 fully saturated rings. The maximum Gasteiger partial charge on any atom is 0.573 e. The van der Waals surface area contributed by atoms with Gasteiger partial charge in [0.1, 0.15) is 12.1 Å². The number of aryl methyl sites for hydroxylation is 3. The van der Waals surface area contributed by atoms with Crippen molar-refractivity contribution in [3.8, 4) is 22.8 Å². The van der Waals surface area contributed by atoms with E-state index < -0.39 is 12.4 Å². The summed E-state index contributed by atoms with van der Waals surface area (Å²) in [4.78, 5) is 35.8. The first-order chi connectivity index (χ1) is 21.3. The van der Waals surface area contributed by atoms with Crippen molar-refractivity contribution in [2.75, 3.05) is 10.7 Å². The Balaban J connectivity index is 1.28. The summed E-state index contributed by atoms with van der Waals surface area (Å²) < 4.78 is 42.6. The van der Waals surface area contributed by atoms with Crippen molar-refractivity contribution in [2.45, 2.75) is 41.0 Å². The topological polar surface area (TPSA) is 102 Å². The lowest BCUT2D eigenvalue weighted by Crippen LogP contribution is -2.32. The molecule has 0 radical (unpaired) electrons. The summed E-state index contributed by atoms with van der Waals surface area (Å²) >= 11 is 1.23. The third kappa shape index (κ3) is 7.26. The van der Waals surface area contributed by atoms with Gasteiger partial charge in [-0.3, -0.25) is 9.69 Å². The number of anilines is 1. The van der Waals surface area contributed by atoms with Crippen LogP contribution in [0, 0.1) is 20.8 Å². The lowest BCUT2D eigenvalue weighted by Gasteiger charge is -2.21. The first-order valence-electron chi connectivity index (χ1n) is 13.8. The number of amidine groups is 1. The molecule has 3 amide bonds. The summed E-state index contributed by atoms with van der Waals surface area (Å²) in [5.41, 5.74) is 7.20. The summed E-state index contributed by atoms with van der Waals surface area (Å²) in [6.07, 6.45) is -3.30. The molecule has 0 bridgehead atoms. The SMILES string of the molecule is C/C(NC(=O)N=C1SCC(=O)N1c1c(C)cc(C)cc1C)=C(/C)c1ccc(-c2ncn(-c3ccc(OC(F)(F)F)cc3)n2)cc1. The third-order valence-electron chi connectivity index (χ3n) is 7.08. The van der Waals surface area contributed by atoms with Crippen molar-refractivity contribution in [3.63, 3.8) is 0 Å². The van der Waals surface area contributed by atoms with E-state index in [1.807, 2.05) is 64.1 Å². The molecule has 9 nitrogen and oxygen atoms in total. The van der Waals surface area contributed by atoms with Gasteiger partial charge in [-0.25, -0.2) is 14.5 Å². The number of rotatable bonds is 6. The molecule has 2 heterocycles. The molecule has 45 heavy (non-hydrogen) atoms. The molecule has 1 aliphatic heterocycles. The lowest BCUT2D eigenvalue weighted by atomic mass is 10.0. The number of hydrogen-bond donors (Lipinski definition) is 1. The number of halogens is 3. The Kier molecular flexibility index (Phi) is 8.82. The number of hydrogen-bond acceptors (Lipinski definition) is 6. The molecule has 0 aliphatic carbocycles. The molecular formula is C32H29F3N6O3S. The van der Waals surface area contributed by atoms with E-state index in [1.54, 1.807) is 6.92 Å². The summed E-state index contributed by atoms with van der Waals surface area (Å²) in [5.74, 6) is 0.172. The van der Waals surface area contributed by atoms with Gasteiger partial charge >= 0.3 is 12.4 Å². The fourth-order valence-electron chi connectivity index (χ4n) is 4.96. The van der Waals surface area contributed by atoms with Crippen LogP contribution in [0.5, 0.6) is 5.75 Å². The number of aliphatic imine (C=N–C) groups is 1. The van der Waals surface area contributed by atoms with Gasteiger partial charge in [0, 0.05) is 11.3 Å². The quantitative estimate of drug-likeness (QED) is 0.238. The number of alkyl halides is 3. The molecule has 232 valence electrons. The van der Waals surface area contributed by atoms with E-state index in [0.29, 0.717) is 22.4 Å². The Labute approximate surface area is 261 Å². The molecule has 4 aromatic rings. The van der Waals surface area contributed by atoms with Gasteiger partial charge in [0.2, 0.25) is 5.91 Å². The molecule has 1 N–H and O–H groups in total. The number of carbonyl (C=O) groups is 2. The monoisotopic (exact) mass is 634 g/mol. The van der Waals surface area contributed by atoms with Crippen molar-refractivity contribution in [1.29, 1.82) is 0 Å². The summed E-state index contributed by atoms with van der Waals surface area (Å²) in [5, 5.41) is 7.58. The predicted molar refractivity (Wildman–Crippen MR) is 168 cm³/mol. The zero-order valence-corrected chi connectivity index (χ0v) is 25.9. The largest absolute Gasteiger partial charge is 0.573 e. The first kappa shape index (κ1) is 31.5. The smallest absolute Gasteiger partial charge is 0.406 e. The van der Waals surface area contributed by atoms with Crippen LogP contribution in [0.1, 0.15) is 36.1 Å². The minimum atomic E-state index is -4.77. The van der Waals surface area contributed by atoms with E-state index >= 15 is 0 Å². The predicted octanol–water partition coefficient (Wildman–Crippen LogP) is 7.35. The van der Waals surface area contributed by atoms with Crippen LogP contribution < -0.4 is 15.0 Å². The number of ether oxygens (including phenoxy) is 1. The second-order valence-corrected chi connectivity index (χ2v) is 11.4. The van der Waals surface area contributed by atoms with Crippen LogP contribution in [0.2, 0.25) is 0 Å². The van der Waals surface area contributed by atoms with Gasteiger partial charge < -0.3 is 10.1 Å². The average Bonchev–Trinajstić information content (AvgIpc) is 3.59. The number of amides is 3. The second kappa shape index (κ2) is 12.6. The highest BCUT2D eigenvalue weighted by molar-refractivity contribution is 8.15. The van der Waals surface area contributed by atoms with Crippen molar-refractivity contribution >= 4 is 40.1 Å². The lowest BCUT2D eigenvalue weighted by molar-refractivity contribution is -0.274. The normalized spacial score (nSPS) is 15.0. The van der Waals surface area contributed by atoms with E-state index in [-0.39, 0.29) is 17.4 Å². The first-order valence-corrected chi connectivity index (χ1v) is 14.8. The molecule has 1 saturated heterocycles. The highest BCUT2D eigenvalue weighted by atomic mass is 32.2. The molecule has 13 heteroatoms. The number of nitrogens with one attached hydrogen (secondary N) is 1. The fourth-order valence-corrected chi connectivity index (χ4v) is 5.82. The number of nitrogens with zero attached hydrogens (tertiary/aromatic N) is 5. The van der Waals surface area contributed by atoms with Crippen LogP contribution in [0.25, 0.3) is 22.6 Å². The Morgan fingerprint density at radius 3 is 2.27 bits per heavy atom. The molecule has 1 aliphatic rings. The number of urea groups is 1. The van der Waals surface area contributed by atoms with E-state index in [4.69, 9.17) is 0 Å². The molecule has 0 spiro atoms. The Bertz CT molecular complexity index is 1810. The highest BCUT2D eigenvalue weighted by Gasteiger charge is 2.33. The fraction of sp³-hybridized carbons (Fsp3) is 0.219. The van der Waals surface area contributed by atoms with Gasteiger partial charge in [-0.15, -0.1) is 18.3 Å². The molecule has 3 aromatic carbocycles. The van der Waals surface area contributed by atoms with Crippen molar-refractivity contribution < 1.29 is 27.5 Å². The van der Waals surface area contributed by atoms with Crippen molar-refractivity contribution in [3.05, 3.63) is 94.9 Å². The molecule has 1 aromatic heterocycles. The summed E-state index contributed by atoms with van der Waals surface area (Å²) in [7, 11) is 0. The van der Waals surface area contributed by atoms with Gasteiger partial charge in [0.25, 0.3) is 0 Å². The van der Waals surface area contributed by atoms with Crippen LogP contribution in [0.4, 0.5) is 23.7 Å². The minimum Gasteiger partial charge on any atom is -0.406 e. The van der Waals surface area contributed by atoms with Gasteiger partial charge in [-0.05, 0) is 81.1 Å². The van der Waals surface area contributed by atoms with Crippen molar-refractivity contribution in [2.24, 2.45) is 4.99 Å². The van der Waals surface area contributed by atoms with Crippen LogP contribution in [0.15, 0.2) is 77.7 Å². The average molecular weight is 635 g/mol. The third-order valence-corrected chi connectivity index (χ3v) is 8.00. The zero-order chi connectivity index (χ0) is 32.5. The molecule has 0 unspecified atom stereocenters. The van der Waals surface area contributed by atoms with E-state index in [0.717, 1.165) is 39.1 Å². The number of aromatic nitrogens is 3. The summed E-state index contributed by atoms with van der Waals surface area (Å²) in [6, 6.07) is 16.1. The highest BCUT2D eigenvalue weighted by Crippen LogP contribution is 2.33. The molecular weight excluding hydrogens is 605 g/mol. The number of allylic oxidation sites excluding steroid dienone is 2. The van der Waals surface area contributed by atoms with Crippen LogP contribution >= 0.6 is 11.8 Å². The summed E-state index contributed by atoms with van der Waals surface area (Å²) in [6.45, 7) is 9.51. The zero-order valence-electron chi connectivity index (χ0n) is 25.1. The van der Waals surface area contributed by atoms with Gasteiger partial charge in [0.15, 0.2) is 11.0 Å². The maximum atomic E-state index is 12.9. The Morgan fingerprint density at radius 1 is 1.00 bits per heavy atom. The van der Waals surface area contributed by atoms with Gasteiger partial charge in [-0.2, -0.15) is 4.99 Å². The maximum absolute atomic E-state index is 12.9. The van der Waals surface area contributed by atoms with Gasteiger partial charge in [0.05, 0.1) is 17.1 Å². The van der Waals surface area contributed by atoms with Crippen LogP contribution in [-0.2, 0) is 4.79 Å². The molecule has 0 saturated carbocycles. The van der Waals surface area contributed by atoms with E-state index in [9.17, 15) is 22.8 Å². The molecule has 5 rings (SSSR count). The second-order valence-electron chi connectivity index (χ2n) is 10.5. The van der Waals surface area contributed by atoms with E-state index in [2.05, 4.69) is 25.1 Å². The number of carbonyl (C=O) groups excluding carboxylic acids is 2. The van der Waals surface area contributed by atoms with Crippen LogP contribution in [-0.4, -0.2) is 44.0 Å². The van der Waals surface area contributed by atoms with E-state index in [1.165, 1.54) is 51.9 Å². The minimum absolute atomic E-state index is 0.127. The Hall–Kier alpha value is -4.91. The Morgan fingerprint density at radius 2 is 1.64 bits per heavy atom. The standard InChI is InChI=1S/C32H29F3N6O3S/c1-18-14-19(2)28(20(3)15-18)41-27(42)16-45-31(41)38-30(43)37-22(5)21(4)23-6-8-24(9-7-23)29-36-17-40(39-29)25-10-12-26(13-11-25)44-32(33,34)35/h6-15,17H,16H2,1-5H3,(H,37,43)/b22-21+,38-31?. The van der Waals surface area contributed by atoms with Crippen LogP contribution in [0.3, 0.4) is 0 Å². The molecule has 0 atom stereocenters. The number of benzene rings is 3. The van der Waals surface area contributed by atoms with Crippen molar-refractivity contribution in [1.82, 2.24) is 20.1 Å².